The second-order valence-electron chi connectivity index (χ2n) is 7.46. The van der Waals surface area contributed by atoms with Crippen molar-refractivity contribution in [2.75, 3.05) is 30.5 Å². The number of anilines is 2. The van der Waals surface area contributed by atoms with Crippen LogP contribution >= 0.6 is 0 Å². The molecule has 0 saturated heterocycles. The quantitative estimate of drug-likeness (QED) is 0.512. The second kappa shape index (κ2) is 9.66. The number of hydrogen-bond acceptors (Lipinski definition) is 5. The summed E-state index contributed by atoms with van der Waals surface area (Å²) in [6.07, 6.45) is 0.669. The predicted octanol–water partition coefficient (Wildman–Crippen LogP) is 5.04. The van der Waals surface area contributed by atoms with Crippen molar-refractivity contribution < 1.29 is 23.2 Å². The van der Waals surface area contributed by atoms with Crippen LogP contribution in [0.1, 0.15) is 50.2 Å². The molecular formula is C24H28N2O5. The lowest BCUT2D eigenvalue weighted by molar-refractivity contribution is 0.0981. The van der Waals surface area contributed by atoms with Crippen LogP contribution in [0.5, 0.6) is 0 Å². The molecule has 0 spiro atoms. The highest BCUT2D eigenvalue weighted by molar-refractivity contribution is 6.08. The van der Waals surface area contributed by atoms with Crippen molar-refractivity contribution >= 4 is 23.2 Å². The molecule has 1 aromatic carbocycles. The van der Waals surface area contributed by atoms with Gasteiger partial charge in [-0.3, -0.25) is 9.59 Å². The summed E-state index contributed by atoms with van der Waals surface area (Å²) in [7, 11) is 1.63. The Morgan fingerprint density at radius 3 is 2.19 bits per heavy atom. The number of rotatable bonds is 8. The van der Waals surface area contributed by atoms with Crippen molar-refractivity contribution in [1.29, 1.82) is 0 Å². The molecule has 2 heterocycles. The van der Waals surface area contributed by atoms with Crippen molar-refractivity contribution in [3.8, 4) is 0 Å². The number of furan rings is 2. The molecule has 0 aliphatic rings. The summed E-state index contributed by atoms with van der Waals surface area (Å²) < 4.78 is 16.2. The molecule has 3 rings (SSSR count). The lowest BCUT2D eigenvalue weighted by Crippen LogP contribution is -2.32. The molecular weight excluding hydrogens is 396 g/mol. The Kier molecular flexibility index (Phi) is 6.97. The number of nitrogens with one attached hydrogen (secondary N) is 1. The molecule has 0 aliphatic heterocycles. The van der Waals surface area contributed by atoms with Crippen molar-refractivity contribution in [2.45, 2.75) is 34.1 Å². The van der Waals surface area contributed by atoms with Gasteiger partial charge >= 0.3 is 0 Å². The fourth-order valence-corrected chi connectivity index (χ4v) is 3.51. The first-order valence-electron chi connectivity index (χ1n) is 10.2. The number of amides is 2. The van der Waals surface area contributed by atoms with E-state index in [-0.39, 0.29) is 11.8 Å². The van der Waals surface area contributed by atoms with E-state index in [1.807, 2.05) is 19.1 Å². The third kappa shape index (κ3) is 5.24. The summed E-state index contributed by atoms with van der Waals surface area (Å²) >= 11 is 0. The number of aryl methyl sites for hydroxylation is 4. The van der Waals surface area contributed by atoms with Gasteiger partial charge in [-0.05, 0) is 64.4 Å². The van der Waals surface area contributed by atoms with Crippen LogP contribution in [-0.4, -0.2) is 32.1 Å². The first-order valence-corrected chi connectivity index (χ1v) is 10.2. The van der Waals surface area contributed by atoms with Gasteiger partial charge in [0.05, 0.1) is 11.1 Å². The number of methoxy groups -OCH3 is 1. The summed E-state index contributed by atoms with van der Waals surface area (Å²) in [5, 5.41) is 2.89. The monoisotopic (exact) mass is 424 g/mol. The zero-order valence-corrected chi connectivity index (χ0v) is 18.6. The molecule has 0 saturated carbocycles. The average molecular weight is 424 g/mol. The molecule has 31 heavy (non-hydrogen) atoms. The summed E-state index contributed by atoms with van der Waals surface area (Å²) in [5.41, 5.74) is 2.27. The SMILES string of the molecule is COCCCN(C(=O)c1cc(C)oc1C)c1cccc(NC(=O)c2cc(C)oc2C)c1. The Labute approximate surface area is 182 Å². The van der Waals surface area contributed by atoms with Crippen LogP contribution in [0.2, 0.25) is 0 Å². The Bertz CT molecular complexity index is 1080. The highest BCUT2D eigenvalue weighted by Crippen LogP contribution is 2.25. The molecule has 0 fully saturated rings. The van der Waals surface area contributed by atoms with Gasteiger partial charge in [0.15, 0.2) is 0 Å². The molecule has 0 bridgehead atoms. The average Bonchev–Trinajstić information content (AvgIpc) is 3.24. The lowest BCUT2D eigenvalue weighted by Gasteiger charge is -2.23. The fourth-order valence-electron chi connectivity index (χ4n) is 3.51. The van der Waals surface area contributed by atoms with E-state index in [0.29, 0.717) is 65.1 Å². The highest BCUT2D eigenvalue weighted by atomic mass is 16.5. The van der Waals surface area contributed by atoms with E-state index in [4.69, 9.17) is 13.6 Å². The van der Waals surface area contributed by atoms with Gasteiger partial charge in [0, 0.05) is 31.6 Å². The topological polar surface area (TPSA) is 84.9 Å². The highest BCUT2D eigenvalue weighted by Gasteiger charge is 2.22. The van der Waals surface area contributed by atoms with E-state index in [1.165, 1.54) is 0 Å². The molecule has 2 amide bonds. The van der Waals surface area contributed by atoms with Crippen LogP contribution in [0, 0.1) is 27.7 Å². The van der Waals surface area contributed by atoms with Gasteiger partial charge < -0.3 is 23.8 Å². The molecule has 0 atom stereocenters. The number of carbonyl (C=O) groups is 2. The zero-order chi connectivity index (χ0) is 22.5. The molecule has 2 aromatic heterocycles. The predicted molar refractivity (Wildman–Crippen MR) is 119 cm³/mol. The Balaban J connectivity index is 1.87. The first-order chi connectivity index (χ1) is 14.8. The molecule has 7 heteroatoms. The van der Waals surface area contributed by atoms with Crippen molar-refractivity contribution in [3.05, 3.63) is 70.6 Å². The van der Waals surface area contributed by atoms with E-state index >= 15 is 0 Å². The largest absolute Gasteiger partial charge is 0.466 e. The Morgan fingerprint density at radius 1 is 0.968 bits per heavy atom. The van der Waals surface area contributed by atoms with Crippen LogP contribution < -0.4 is 10.2 Å². The summed E-state index contributed by atoms with van der Waals surface area (Å²) in [6.45, 7) is 8.14. The zero-order valence-electron chi connectivity index (χ0n) is 18.6. The molecule has 164 valence electrons. The van der Waals surface area contributed by atoms with Crippen molar-refractivity contribution in [1.82, 2.24) is 0 Å². The maximum Gasteiger partial charge on any atom is 0.261 e. The summed E-state index contributed by atoms with van der Waals surface area (Å²) in [6, 6.07) is 10.7. The van der Waals surface area contributed by atoms with Crippen LogP contribution in [0.3, 0.4) is 0 Å². The normalized spacial score (nSPS) is 10.9. The van der Waals surface area contributed by atoms with Crippen LogP contribution in [0.4, 0.5) is 11.4 Å². The molecule has 0 radical (unpaired) electrons. The lowest BCUT2D eigenvalue weighted by atomic mass is 10.1. The number of hydrogen-bond donors (Lipinski definition) is 1. The number of nitrogens with zero attached hydrogens (tertiary/aromatic N) is 1. The number of benzene rings is 1. The molecule has 1 N–H and O–H groups in total. The van der Waals surface area contributed by atoms with Gasteiger partial charge in [0.25, 0.3) is 11.8 Å². The number of ether oxygens (including phenoxy) is 1. The Morgan fingerprint density at radius 2 is 1.61 bits per heavy atom. The van der Waals surface area contributed by atoms with Gasteiger partial charge in [-0.2, -0.15) is 0 Å². The van der Waals surface area contributed by atoms with E-state index in [0.717, 1.165) is 0 Å². The minimum Gasteiger partial charge on any atom is -0.466 e. The summed E-state index contributed by atoms with van der Waals surface area (Å²) in [4.78, 5) is 27.6. The molecule has 3 aromatic rings. The molecule has 7 nitrogen and oxygen atoms in total. The smallest absolute Gasteiger partial charge is 0.261 e. The fraction of sp³-hybridized carbons (Fsp3) is 0.333. The van der Waals surface area contributed by atoms with Gasteiger partial charge in [0.2, 0.25) is 0 Å². The summed E-state index contributed by atoms with van der Waals surface area (Å²) in [5.74, 6) is 2.09. The maximum absolute atomic E-state index is 13.3. The minimum absolute atomic E-state index is 0.157. The van der Waals surface area contributed by atoms with E-state index in [2.05, 4.69) is 5.32 Å². The minimum atomic E-state index is -0.259. The van der Waals surface area contributed by atoms with Crippen molar-refractivity contribution in [2.24, 2.45) is 0 Å². The van der Waals surface area contributed by atoms with E-state index < -0.39 is 0 Å². The van der Waals surface area contributed by atoms with Crippen LogP contribution in [0.25, 0.3) is 0 Å². The molecule has 0 aliphatic carbocycles. The third-order valence-electron chi connectivity index (χ3n) is 4.95. The van der Waals surface area contributed by atoms with Gasteiger partial charge in [-0.15, -0.1) is 0 Å². The van der Waals surface area contributed by atoms with Crippen molar-refractivity contribution in [3.63, 3.8) is 0 Å². The Hall–Kier alpha value is -3.32. The van der Waals surface area contributed by atoms with Gasteiger partial charge in [-0.25, -0.2) is 0 Å². The number of carbonyl (C=O) groups excluding carboxylic acids is 2. The second-order valence-corrected chi connectivity index (χ2v) is 7.46. The first kappa shape index (κ1) is 22.4. The maximum atomic E-state index is 13.3. The van der Waals surface area contributed by atoms with Crippen LogP contribution in [0.15, 0.2) is 45.2 Å². The molecule has 0 unspecified atom stereocenters. The van der Waals surface area contributed by atoms with E-state index in [1.54, 1.807) is 57.0 Å². The van der Waals surface area contributed by atoms with Crippen LogP contribution in [-0.2, 0) is 4.74 Å². The van der Waals surface area contributed by atoms with Gasteiger partial charge in [0.1, 0.15) is 23.0 Å². The third-order valence-corrected chi connectivity index (χ3v) is 4.95. The van der Waals surface area contributed by atoms with E-state index in [9.17, 15) is 9.59 Å². The van der Waals surface area contributed by atoms with Gasteiger partial charge in [-0.1, -0.05) is 6.07 Å². The standard InChI is InChI=1S/C24H28N2O5/c1-15-12-21(17(3)30-15)23(27)25-19-8-6-9-20(14-19)26(10-7-11-29-5)24(28)22-13-16(2)31-18(22)4/h6,8-9,12-14H,7,10-11H2,1-5H3,(H,25,27).